The Bertz CT molecular complexity index is 661. The van der Waals surface area contributed by atoms with Gasteiger partial charge in [-0.3, -0.25) is 4.79 Å². The van der Waals surface area contributed by atoms with Gasteiger partial charge in [0, 0.05) is 30.6 Å². The molecule has 0 unspecified atom stereocenters. The lowest BCUT2D eigenvalue weighted by molar-refractivity contribution is 0.0685. The number of carboxylic acids is 1. The fourth-order valence-electron chi connectivity index (χ4n) is 1.87. The summed E-state index contributed by atoms with van der Waals surface area (Å²) in [5.74, 6) is -0.782. The smallest absolute Gasteiger partial charge is 0.352 e. The van der Waals surface area contributed by atoms with Crippen molar-refractivity contribution in [3.05, 3.63) is 47.4 Å². The molecule has 0 fully saturated rings. The van der Waals surface area contributed by atoms with Gasteiger partial charge in [-0.1, -0.05) is 0 Å². The average molecular weight is 274 g/mol. The zero-order chi connectivity index (χ0) is 14.7. The number of aromatic nitrogens is 2. The van der Waals surface area contributed by atoms with E-state index in [0.717, 1.165) is 5.56 Å². The third-order valence-electron chi connectivity index (χ3n) is 2.88. The van der Waals surface area contributed by atoms with Gasteiger partial charge in [0.25, 0.3) is 0 Å². The van der Waals surface area contributed by atoms with E-state index in [9.17, 15) is 14.7 Å². The molecule has 6 heteroatoms. The van der Waals surface area contributed by atoms with E-state index in [4.69, 9.17) is 4.74 Å². The maximum Gasteiger partial charge on any atom is 0.352 e. The Hall–Kier alpha value is -2.63. The van der Waals surface area contributed by atoms with Crippen LogP contribution in [0.15, 0.2) is 30.6 Å². The Kier molecular flexibility index (Phi) is 3.84. The second-order valence-electron chi connectivity index (χ2n) is 4.31. The number of pyridine rings is 1. The topological polar surface area (TPSA) is 81.4 Å². The lowest BCUT2D eigenvalue weighted by atomic mass is 10.2. The van der Waals surface area contributed by atoms with Gasteiger partial charge < -0.3 is 14.4 Å². The third kappa shape index (κ3) is 2.85. The minimum atomic E-state index is -1.07. The Labute approximate surface area is 115 Å². The molecule has 0 aliphatic carbocycles. The number of aromatic carboxylic acids is 1. The van der Waals surface area contributed by atoms with Crippen LogP contribution in [0.2, 0.25) is 0 Å². The SMILES string of the molecule is COc1cc(Cn2cc(C(C)=O)cc2C(=O)O)ccn1. The minimum absolute atomic E-state index is 0.0750. The van der Waals surface area contributed by atoms with E-state index >= 15 is 0 Å². The lowest BCUT2D eigenvalue weighted by Crippen LogP contribution is -2.08. The van der Waals surface area contributed by atoms with E-state index < -0.39 is 5.97 Å². The number of Topliss-reactive ketones (excluding diaryl/α,β-unsaturated/α-hetero) is 1. The van der Waals surface area contributed by atoms with Gasteiger partial charge >= 0.3 is 5.97 Å². The van der Waals surface area contributed by atoms with Crippen LogP contribution in [-0.2, 0) is 6.54 Å². The van der Waals surface area contributed by atoms with Crippen molar-refractivity contribution < 1.29 is 19.4 Å². The van der Waals surface area contributed by atoms with Gasteiger partial charge in [0.2, 0.25) is 5.88 Å². The quantitative estimate of drug-likeness (QED) is 0.841. The summed E-state index contributed by atoms with van der Waals surface area (Å²) in [4.78, 5) is 26.5. The van der Waals surface area contributed by atoms with E-state index in [2.05, 4.69) is 4.98 Å². The highest BCUT2D eigenvalue weighted by Crippen LogP contribution is 2.15. The molecule has 104 valence electrons. The second-order valence-corrected chi connectivity index (χ2v) is 4.31. The van der Waals surface area contributed by atoms with Crippen LogP contribution in [0.4, 0.5) is 0 Å². The van der Waals surface area contributed by atoms with Crippen molar-refractivity contribution in [2.45, 2.75) is 13.5 Å². The fraction of sp³-hybridized carbons (Fsp3) is 0.214. The van der Waals surface area contributed by atoms with Gasteiger partial charge in [-0.15, -0.1) is 0 Å². The van der Waals surface area contributed by atoms with Crippen molar-refractivity contribution in [2.24, 2.45) is 0 Å². The summed E-state index contributed by atoms with van der Waals surface area (Å²) >= 11 is 0. The zero-order valence-corrected chi connectivity index (χ0v) is 11.2. The Balaban J connectivity index is 2.36. The molecule has 0 aromatic carbocycles. The molecule has 2 aromatic rings. The number of hydrogen-bond donors (Lipinski definition) is 1. The van der Waals surface area contributed by atoms with E-state index in [-0.39, 0.29) is 11.5 Å². The summed E-state index contributed by atoms with van der Waals surface area (Å²) in [6.45, 7) is 1.73. The molecule has 20 heavy (non-hydrogen) atoms. The molecule has 0 radical (unpaired) electrons. The predicted molar refractivity (Wildman–Crippen MR) is 71.3 cm³/mol. The predicted octanol–water partition coefficient (Wildman–Crippen LogP) is 1.84. The van der Waals surface area contributed by atoms with Crippen LogP contribution in [-0.4, -0.2) is 33.5 Å². The summed E-state index contributed by atoms with van der Waals surface area (Å²) in [6.07, 6.45) is 3.13. The van der Waals surface area contributed by atoms with Crippen molar-refractivity contribution in [3.63, 3.8) is 0 Å². The van der Waals surface area contributed by atoms with Crippen molar-refractivity contribution in [1.82, 2.24) is 9.55 Å². The summed E-state index contributed by atoms with van der Waals surface area (Å²) in [6, 6.07) is 4.86. The largest absolute Gasteiger partial charge is 0.481 e. The van der Waals surface area contributed by atoms with Crippen LogP contribution in [0, 0.1) is 0 Å². The molecule has 2 aromatic heterocycles. The molecule has 0 saturated heterocycles. The Morgan fingerprint density at radius 3 is 2.75 bits per heavy atom. The molecule has 0 aliphatic heterocycles. The average Bonchev–Trinajstić information content (AvgIpc) is 2.83. The highest BCUT2D eigenvalue weighted by atomic mass is 16.5. The first-order chi connectivity index (χ1) is 9.51. The molecule has 0 amide bonds. The van der Waals surface area contributed by atoms with Crippen molar-refractivity contribution in [2.75, 3.05) is 7.11 Å². The fourth-order valence-corrected chi connectivity index (χ4v) is 1.87. The molecule has 2 heterocycles. The monoisotopic (exact) mass is 274 g/mol. The van der Waals surface area contributed by atoms with E-state index in [1.54, 1.807) is 24.5 Å². The van der Waals surface area contributed by atoms with Crippen LogP contribution in [0.3, 0.4) is 0 Å². The summed E-state index contributed by atoms with van der Waals surface area (Å²) < 4.78 is 6.54. The van der Waals surface area contributed by atoms with Crippen molar-refractivity contribution in [3.8, 4) is 5.88 Å². The van der Waals surface area contributed by atoms with Crippen LogP contribution in [0.5, 0.6) is 5.88 Å². The first kappa shape index (κ1) is 13.8. The normalized spacial score (nSPS) is 10.3. The van der Waals surface area contributed by atoms with Gasteiger partial charge in [0.1, 0.15) is 5.69 Å². The zero-order valence-electron chi connectivity index (χ0n) is 11.2. The number of carboxylic acid groups (broad SMARTS) is 1. The van der Waals surface area contributed by atoms with Crippen LogP contribution in [0.1, 0.15) is 33.3 Å². The van der Waals surface area contributed by atoms with Crippen molar-refractivity contribution >= 4 is 11.8 Å². The Morgan fingerprint density at radius 1 is 1.40 bits per heavy atom. The maximum atomic E-state index is 11.4. The van der Waals surface area contributed by atoms with Crippen LogP contribution >= 0.6 is 0 Å². The number of methoxy groups -OCH3 is 1. The molecule has 1 N–H and O–H groups in total. The first-order valence-electron chi connectivity index (χ1n) is 5.94. The third-order valence-corrected chi connectivity index (χ3v) is 2.88. The van der Waals surface area contributed by atoms with Gasteiger partial charge in [-0.2, -0.15) is 0 Å². The molecule has 2 rings (SSSR count). The standard InChI is InChI=1S/C14H14N2O4/c1-9(17)11-6-12(14(18)19)16(8-11)7-10-3-4-15-13(5-10)20-2/h3-6,8H,7H2,1-2H3,(H,18,19). The van der Waals surface area contributed by atoms with Gasteiger partial charge in [-0.25, -0.2) is 9.78 Å². The Morgan fingerprint density at radius 2 is 2.15 bits per heavy atom. The van der Waals surface area contributed by atoms with Crippen LogP contribution < -0.4 is 4.74 Å². The number of nitrogens with zero attached hydrogens (tertiary/aromatic N) is 2. The highest BCUT2D eigenvalue weighted by molar-refractivity contribution is 5.97. The maximum absolute atomic E-state index is 11.4. The van der Waals surface area contributed by atoms with E-state index in [1.165, 1.54) is 24.7 Å². The number of rotatable bonds is 5. The van der Waals surface area contributed by atoms with E-state index in [0.29, 0.717) is 18.0 Å². The summed E-state index contributed by atoms with van der Waals surface area (Å²) in [5, 5.41) is 9.17. The number of carbonyl (C=O) groups excluding carboxylic acids is 1. The molecule has 0 spiro atoms. The van der Waals surface area contributed by atoms with Crippen molar-refractivity contribution in [1.29, 1.82) is 0 Å². The number of hydrogen-bond acceptors (Lipinski definition) is 4. The molecule has 0 bridgehead atoms. The van der Waals surface area contributed by atoms with Gasteiger partial charge in [0.15, 0.2) is 5.78 Å². The lowest BCUT2D eigenvalue weighted by Gasteiger charge is -2.07. The number of ketones is 1. The van der Waals surface area contributed by atoms with E-state index in [1.807, 2.05) is 0 Å². The number of carbonyl (C=O) groups is 2. The molecular weight excluding hydrogens is 260 g/mol. The highest BCUT2D eigenvalue weighted by Gasteiger charge is 2.15. The first-order valence-corrected chi connectivity index (χ1v) is 5.94. The number of ether oxygens (including phenoxy) is 1. The molecule has 0 atom stereocenters. The minimum Gasteiger partial charge on any atom is -0.481 e. The second kappa shape index (κ2) is 5.56. The van der Waals surface area contributed by atoms with Gasteiger partial charge in [0.05, 0.1) is 7.11 Å². The van der Waals surface area contributed by atoms with Crippen LogP contribution in [0.25, 0.3) is 0 Å². The summed E-state index contributed by atoms with van der Waals surface area (Å²) in [5.41, 5.74) is 1.29. The van der Waals surface area contributed by atoms with Gasteiger partial charge in [-0.05, 0) is 24.6 Å². The molecular formula is C14H14N2O4. The molecule has 0 saturated carbocycles. The summed E-state index contributed by atoms with van der Waals surface area (Å²) in [7, 11) is 1.51. The molecule has 6 nitrogen and oxygen atoms in total. The molecule has 0 aliphatic rings.